The molecule has 0 atom stereocenters. The Kier molecular flexibility index (Phi) is 7.12. The van der Waals surface area contributed by atoms with E-state index >= 15 is 0 Å². The molecule has 0 bridgehead atoms. The molecule has 27 heavy (non-hydrogen) atoms. The highest BCUT2D eigenvalue weighted by atomic mass is 35.5. The number of carbonyl (C=O) groups excluding carboxylic acids is 2. The van der Waals surface area contributed by atoms with E-state index in [0.717, 1.165) is 0 Å². The van der Waals surface area contributed by atoms with Crippen molar-refractivity contribution in [3.8, 4) is 0 Å². The van der Waals surface area contributed by atoms with E-state index in [1.807, 2.05) is 0 Å². The lowest BCUT2D eigenvalue weighted by Gasteiger charge is -2.18. The second-order valence-corrected chi connectivity index (χ2v) is 8.10. The molecule has 2 aromatic carbocycles. The van der Waals surface area contributed by atoms with Gasteiger partial charge in [0.15, 0.2) is 5.78 Å². The molecule has 0 aliphatic rings. The quantitative estimate of drug-likeness (QED) is 0.680. The smallest absolute Gasteiger partial charge is 0.251 e. The van der Waals surface area contributed by atoms with E-state index in [4.69, 9.17) is 11.6 Å². The van der Waals surface area contributed by atoms with Crippen molar-refractivity contribution >= 4 is 33.3 Å². The summed E-state index contributed by atoms with van der Waals surface area (Å²) >= 11 is 5.79. The normalized spacial score (nSPS) is 11.4. The van der Waals surface area contributed by atoms with Gasteiger partial charge in [-0.3, -0.25) is 9.59 Å². The van der Waals surface area contributed by atoms with E-state index in [9.17, 15) is 18.0 Å². The van der Waals surface area contributed by atoms with Gasteiger partial charge in [-0.2, -0.15) is 4.31 Å². The minimum Gasteiger partial charge on any atom is -0.345 e. The second-order valence-electron chi connectivity index (χ2n) is 5.73. The Bertz CT molecular complexity index is 923. The third kappa shape index (κ3) is 5.15. The Morgan fingerprint density at radius 3 is 2.22 bits per heavy atom. The van der Waals surface area contributed by atoms with Crippen LogP contribution in [0.25, 0.3) is 0 Å². The first-order chi connectivity index (χ1) is 12.8. The van der Waals surface area contributed by atoms with Crippen LogP contribution < -0.4 is 5.32 Å². The van der Waals surface area contributed by atoms with Crippen LogP contribution in [0.3, 0.4) is 0 Å². The lowest BCUT2D eigenvalue weighted by atomic mass is 10.1. The van der Waals surface area contributed by atoms with E-state index in [0.29, 0.717) is 23.7 Å². The van der Waals surface area contributed by atoms with Crippen LogP contribution in [0.5, 0.6) is 0 Å². The van der Waals surface area contributed by atoms with Crippen LogP contribution in [0.1, 0.15) is 34.6 Å². The Morgan fingerprint density at radius 1 is 1.00 bits per heavy atom. The Hall–Kier alpha value is -2.22. The topological polar surface area (TPSA) is 83.6 Å². The van der Waals surface area contributed by atoms with Gasteiger partial charge in [0.1, 0.15) is 0 Å². The van der Waals surface area contributed by atoms with Crippen LogP contribution in [-0.4, -0.2) is 44.0 Å². The van der Waals surface area contributed by atoms with Gasteiger partial charge in [-0.1, -0.05) is 31.5 Å². The summed E-state index contributed by atoms with van der Waals surface area (Å²) in [5.41, 5.74) is 0.602. The first kappa shape index (κ1) is 21.1. The maximum atomic E-state index is 12.6. The lowest BCUT2D eigenvalue weighted by Crippen LogP contribution is -2.31. The van der Waals surface area contributed by atoms with Crippen LogP contribution in [0.4, 0.5) is 0 Å². The molecular formula is C19H21ClN2O4S. The molecule has 0 heterocycles. The molecule has 0 aliphatic heterocycles. The Morgan fingerprint density at radius 2 is 1.63 bits per heavy atom. The van der Waals surface area contributed by atoms with Crippen molar-refractivity contribution in [2.45, 2.75) is 18.7 Å². The van der Waals surface area contributed by atoms with Crippen LogP contribution in [-0.2, 0) is 10.0 Å². The van der Waals surface area contributed by atoms with Gasteiger partial charge in [0.05, 0.1) is 11.4 Å². The van der Waals surface area contributed by atoms with Crippen LogP contribution in [0.15, 0.2) is 53.4 Å². The number of ketones is 1. The number of Topliss-reactive ketones (excluding diaryl/α,β-unsaturated/α-hetero) is 1. The molecule has 2 rings (SSSR count). The molecule has 0 saturated heterocycles. The molecule has 0 spiro atoms. The fraction of sp³-hybridized carbons (Fsp3) is 0.263. The molecule has 0 aliphatic carbocycles. The van der Waals surface area contributed by atoms with Crippen molar-refractivity contribution in [2.75, 3.05) is 19.6 Å². The molecule has 0 radical (unpaired) electrons. The monoisotopic (exact) mass is 408 g/mol. The van der Waals surface area contributed by atoms with E-state index in [1.165, 1.54) is 28.6 Å². The zero-order valence-electron chi connectivity index (χ0n) is 15.1. The maximum Gasteiger partial charge on any atom is 0.251 e. The third-order valence-corrected chi connectivity index (χ3v) is 6.31. The fourth-order valence-electron chi connectivity index (χ4n) is 2.51. The zero-order chi connectivity index (χ0) is 20.0. The average Bonchev–Trinajstić information content (AvgIpc) is 2.67. The molecule has 1 N–H and O–H groups in total. The van der Waals surface area contributed by atoms with Gasteiger partial charge in [-0.05, 0) is 42.5 Å². The number of benzene rings is 2. The number of halogens is 1. The summed E-state index contributed by atoms with van der Waals surface area (Å²) in [5.74, 6) is -0.791. The maximum absolute atomic E-state index is 12.6. The molecule has 0 fully saturated rings. The van der Waals surface area contributed by atoms with Gasteiger partial charge in [-0.15, -0.1) is 0 Å². The number of nitrogens with zero attached hydrogens (tertiary/aromatic N) is 1. The number of sulfonamides is 1. The van der Waals surface area contributed by atoms with Crippen LogP contribution in [0, 0.1) is 0 Å². The molecule has 144 valence electrons. The predicted octanol–water partition coefficient (Wildman–Crippen LogP) is 2.98. The Balaban J connectivity index is 2.11. The first-order valence-corrected chi connectivity index (χ1v) is 10.3. The van der Waals surface area contributed by atoms with Gasteiger partial charge >= 0.3 is 0 Å². The number of rotatable bonds is 8. The van der Waals surface area contributed by atoms with Crippen molar-refractivity contribution in [2.24, 2.45) is 0 Å². The summed E-state index contributed by atoms with van der Waals surface area (Å²) in [6.45, 7) is 3.98. The minimum atomic E-state index is -3.66. The molecular weight excluding hydrogens is 388 g/mol. The first-order valence-electron chi connectivity index (χ1n) is 8.46. The summed E-state index contributed by atoms with van der Waals surface area (Å²) < 4.78 is 26.5. The van der Waals surface area contributed by atoms with Gasteiger partial charge in [-0.25, -0.2) is 8.42 Å². The van der Waals surface area contributed by atoms with Crippen molar-refractivity contribution in [3.05, 3.63) is 64.7 Å². The number of carbonyl (C=O) groups is 2. The molecule has 8 heteroatoms. The molecule has 2 aromatic rings. The summed E-state index contributed by atoms with van der Waals surface area (Å²) in [6, 6.07) is 12.1. The van der Waals surface area contributed by atoms with Crippen LogP contribution >= 0.6 is 11.6 Å². The minimum absolute atomic E-state index is 0.0443. The highest BCUT2D eigenvalue weighted by Crippen LogP contribution is 2.17. The molecule has 1 amide bonds. The van der Waals surface area contributed by atoms with E-state index in [-0.39, 0.29) is 22.8 Å². The third-order valence-electron chi connectivity index (χ3n) is 4.02. The van der Waals surface area contributed by atoms with E-state index in [1.54, 1.807) is 38.1 Å². The standard InChI is InChI=1S/C19H21ClN2O4S/c1-3-22(4-2)27(25,26)17-7-5-6-15(12-17)19(24)21-13-18(23)14-8-10-16(20)11-9-14/h5-12H,3-4,13H2,1-2H3,(H,21,24). The number of hydrogen-bond acceptors (Lipinski definition) is 4. The number of hydrogen-bond donors (Lipinski definition) is 1. The lowest BCUT2D eigenvalue weighted by molar-refractivity contribution is 0.0904. The SMILES string of the molecule is CCN(CC)S(=O)(=O)c1cccc(C(=O)NCC(=O)c2ccc(Cl)cc2)c1. The second kappa shape index (κ2) is 9.12. The molecule has 0 unspecified atom stereocenters. The van der Waals surface area contributed by atoms with Crippen molar-refractivity contribution in [1.29, 1.82) is 0 Å². The zero-order valence-corrected chi connectivity index (χ0v) is 16.7. The summed E-state index contributed by atoms with van der Waals surface area (Å²) in [6.07, 6.45) is 0. The van der Waals surface area contributed by atoms with E-state index < -0.39 is 15.9 Å². The van der Waals surface area contributed by atoms with Gasteiger partial charge in [0.25, 0.3) is 5.91 Å². The number of amides is 1. The van der Waals surface area contributed by atoms with E-state index in [2.05, 4.69) is 5.32 Å². The Labute approximate surface area is 164 Å². The largest absolute Gasteiger partial charge is 0.345 e. The number of nitrogens with one attached hydrogen (secondary N) is 1. The van der Waals surface area contributed by atoms with Gasteiger partial charge in [0, 0.05) is 29.2 Å². The van der Waals surface area contributed by atoms with Gasteiger partial charge in [0.2, 0.25) is 10.0 Å². The predicted molar refractivity (Wildman–Crippen MR) is 105 cm³/mol. The van der Waals surface area contributed by atoms with Crippen molar-refractivity contribution in [3.63, 3.8) is 0 Å². The molecule has 0 aromatic heterocycles. The highest BCUT2D eigenvalue weighted by Gasteiger charge is 2.22. The molecule has 0 saturated carbocycles. The van der Waals surface area contributed by atoms with Crippen molar-refractivity contribution < 1.29 is 18.0 Å². The highest BCUT2D eigenvalue weighted by molar-refractivity contribution is 7.89. The van der Waals surface area contributed by atoms with Crippen molar-refractivity contribution in [1.82, 2.24) is 9.62 Å². The summed E-state index contributed by atoms with van der Waals surface area (Å²) in [5, 5.41) is 3.03. The van der Waals surface area contributed by atoms with Crippen LogP contribution in [0.2, 0.25) is 5.02 Å². The average molecular weight is 409 g/mol. The summed E-state index contributed by atoms with van der Waals surface area (Å²) in [4.78, 5) is 24.5. The molecule has 6 nitrogen and oxygen atoms in total. The summed E-state index contributed by atoms with van der Waals surface area (Å²) in [7, 11) is -3.66. The van der Waals surface area contributed by atoms with Gasteiger partial charge < -0.3 is 5.32 Å². The fourth-order valence-corrected chi connectivity index (χ4v) is 4.14.